The van der Waals surface area contributed by atoms with Crippen molar-refractivity contribution in [2.45, 2.75) is 32.7 Å². The summed E-state index contributed by atoms with van der Waals surface area (Å²) in [6.45, 7) is 6.59. The van der Waals surface area contributed by atoms with Gasteiger partial charge in [-0.25, -0.2) is 0 Å². The van der Waals surface area contributed by atoms with Crippen LogP contribution in [0.1, 0.15) is 38.3 Å². The van der Waals surface area contributed by atoms with Gasteiger partial charge in [-0.3, -0.25) is 0 Å². The Kier molecular flexibility index (Phi) is 3.95. The van der Waals surface area contributed by atoms with Crippen LogP contribution in [0.25, 0.3) is 0 Å². The standard InChI is InChI=1S/C14H21ClN2/c1-10-4-3-7-17(9-10)14-6-5-12(15)8-13(14)11(2)16/h5-6,8,10-11H,3-4,7,9,16H2,1-2H3/t10-,11+/m0/s1. The fourth-order valence-corrected chi connectivity index (χ4v) is 2.77. The third-order valence-corrected chi connectivity index (χ3v) is 3.71. The Morgan fingerprint density at radius 2 is 2.24 bits per heavy atom. The molecule has 0 saturated carbocycles. The van der Waals surface area contributed by atoms with Crippen LogP contribution in [0.15, 0.2) is 18.2 Å². The Balaban J connectivity index is 2.30. The molecule has 1 aliphatic rings. The Labute approximate surface area is 109 Å². The van der Waals surface area contributed by atoms with Crippen LogP contribution < -0.4 is 10.6 Å². The van der Waals surface area contributed by atoms with Crippen LogP contribution in [0.3, 0.4) is 0 Å². The topological polar surface area (TPSA) is 29.3 Å². The van der Waals surface area contributed by atoms with Gasteiger partial charge in [-0.05, 0) is 49.4 Å². The van der Waals surface area contributed by atoms with Gasteiger partial charge in [0.2, 0.25) is 0 Å². The van der Waals surface area contributed by atoms with E-state index in [-0.39, 0.29) is 6.04 Å². The van der Waals surface area contributed by atoms with E-state index < -0.39 is 0 Å². The lowest BCUT2D eigenvalue weighted by molar-refractivity contribution is 0.446. The quantitative estimate of drug-likeness (QED) is 0.872. The number of benzene rings is 1. The monoisotopic (exact) mass is 252 g/mol. The van der Waals surface area contributed by atoms with Crippen molar-refractivity contribution in [1.29, 1.82) is 0 Å². The molecule has 0 spiro atoms. The van der Waals surface area contributed by atoms with Crippen molar-refractivity contribution < 1.29 is 0 Å². The van der Waals surface area contributed by atoms with Crippen LogP contribution in [-0.4, -0.2) is 13.1 Å². The second-order valence-corrected chi connectivity index (χ2v) is 5.62. The maximum atomic E-state index is 6.05. The van der Waals surface area contributed by atoms with Crippen molar-refractivity contribution in [2.75, 3.05) is 18.0 Å². The van der Waals surface area contributed by atoms with Crippen LogP contribution in [0, 0.1) is 5.92 Å². The lowest BCUT2D eigenvalue weighted by Crippen LogP contribution is -2.35. The molecule has 2 N–H and O–H groups in total. The summed E-state index contributed by atoms with van der Waals surface area (Å²) in [5.41, 5.74) is 8.46. The number of halogens is 1. The molecular formula is C14H21ClN2. The average molecular weight is 253 g/mol. The van der Waals surface area contributed by atoms with Gasteiger partial charge in [0.05, 0.1) is 0 Å². The second-order valence-electron chi connectivity index (χ2n) is 5.19. The molecule has 94 valence electrons. The number of hydrogen-bond acceptors (Lipinski definition) is 2. The van der Waals surface area contributed by atoms with Gasteiger partial charge < -0.3 is 10.6 Å². The van der Waals surface area contributed by atoms with Crippen molar-refractivity contribution >= 4 is 17.3 Å². The predicted octanol–water partition coefficient (Wildman–Crippen LogP) is 3.60. The van der Waals surface area contributed by atoms with Gasteiger partial charge >= 0.3 is 0 Å². The molecule has 0 aliphatic carbocycles. The number of anilines is 1. The molecule has 1 aliphatic heterocycles. The molecule has 2 atom stereocenters. The molecule has 17 heavy (non-hydrogen) atoms. The molecule has 1 aromatic rings. The van der Waals surface area contributed by atoms with Gasteiger partial charge in [0.15, 0.2) is 0 Å². The number of rotatable bonds is 2. The summed E-state index contributed by atoms with van der Waals surface area (Å²) < 4.78 is 0. The lowest BCUT2D eigenvalue weighted by atomic mass is 9.97. The van der Waals surface area contributed by atoms with Gasteiger partial charge in [-0.2, -0.15) is 0 Å². The van der Waals surface area contributed by atoms with E-state index in [0.717, 1.165) is 29.6 Å². The summed E-state index contributed by atoms with van der Waals surface area (Å²) in [4.78, 5) is 2.45. The van der Waals surface area contributed by atoms with Gasteiger partial charge in [-0.15, -0.1) is 0 Å². The second kappa shape index (κ2) is 5.28. The predicted molar refractivity (Wildman–Crippen MR) is 74.7 cm³/mol. The van der Waals surface area contributed by atoms with Crippen LogP contribution in [0.5, 0.6) is 0 Å². The molecule has 1 saturated heterocycles. The molecule has 1 heterocycles. The zero-order valence-corrected chi connectivity index (χ0v) is 11.4. The lowest BCUT2D eigenvalue weighted by Gasteiger charge is -2.34. The number of nitrogens with zero attached hydrogens (tertiary/aromatic N) is 1. The highest BCUT2D eigenvalue weighted by molar-refractivity contribution is 6.30. The molecule has 1 fully saturated rings. The highest BCUT2D eigenvalue weighted by Crippen LogP contribution is 2.31. The Bertz CT molecular complexity index is 390. The van der Waals surface area contributed by atoms with E-state index in [1.165, 1.54) is 18.5 Å². The van der Waals surface area contributed by atoms with Gasteiger partial charge in [0, 0.05) is 29.8 Å². The SMILES string of the molecule is C[C@H]1CCCN(c2ccc(Cl)cc2[C@@H](C)N)C1. The summed E-state index contributed by atoms with van der Waals surface area (Å²) >= 11 is 6.05. The first-order chi connectivity index (χ1) is 8.08. The summed E-state index contributed by atoms with van der Waals surface area (Å²) in [6.07, 6.45) is 2.60. The minimum Gasteiger partial charge on any atom is -0.371 e. The summed E-state index contributed by atoms with van der Waals surface area (Å²) in [5.74, 6) is 0.764. The average Bonchev–Trinajstić information content (AvgIpc) is 2.28. The molecule has 2 rings (SSSR count). The third kappa shape index (κ3) is 2.93. The van der Waals surface area contributed by atoms with Crippen LogP contribution in [-0.2, 0) is 0 Å². The molecular weight excluding hydrogens is 232 g/mol. The maximum absolute atomic E-state index is 6.05. The summed E-state index contributed by atoms with van der Waals surface area (Å²) in [5, 5.41) is 0.770. The van der Waals surface area contributed by atoms with E-state index in [1.807, 2.05) is 19.1 Å². The normalized spacial score (nSPS) is 22.6. The van der Waals surface area contributed by atoms with Gasteiger partial charge in [-0.1, -0.05) is 18.5 Å². The maximum Gasteiger partial charge on any atom is 0.0415 e. The van der Waals surface area contributed by atoms with Crippen molar-refractivity contribution in [1.82, 2.24) is 0 Å². The van der Waals surface area contributed by atoms with Crippen molar-refractivity contribution in [3.05, 3.63) is 28.8 Å². The minimum atomic E-state index is 0.0286. The fourth-order valence-electron chi connectivity index (χ4n) is 2.59. The van der Waals surface area contributed by atoms with Crippen LogP contribution >= 0.6 is 11.6 Å². The molecule has 3 heteroatoms. The molecule has 0 aromatic heterocycles. The molecule has 1 aromatic carbocycles. The van der Waals surface area contributed by atoms with Crippen molar-refractivity contribution in [3.63, 3.8) is 0 Å². The zero-order valence-electron chi connectivity index (χ0n) is 10.6. The highest BCUT2D eigenvalue weighted by atomic mass is 35.5. The van der Waals surface area contributed by atoms with E-state index in [4.69, 9.17) is 17.3 Å². The first kappa shape index (κ1) is 12.7. The first-order valence-electron chi connectivity index (χ1n) is 6.38. The number of piperidine rings is 1. The van der Waals surface area contributed by atoms with Crippen LogP contribution in [0.2, 0.25) is 5.02 Å². The van der Waals surface area contributed by atoms with E-state index in [9.17, 15) is 0 Å². The number of nitrogens with two attached hydrogens (primary N) is 1. The van der Waals surface area contributed by atoms with E-state index >= 15 is 0 Å². The third-order valence-electron chi connectivity index (χ3n) is 3.48. The van der Waals surface area contributed by atoms with Gasteiger partial charge in [0.1, 0.15) is 0 Å². The molecule has 0 bridgehead atoms. The largest absolute Gasteiger partial charge is 0.371 e. The molecule has 0 radical (unpaired) electrons. The van der Waals surface area contributed by atoms with Crippen molar-refractivity contribution in [3.8, 4) is 0 Å². The summed E-state index contributed by atoms with van der Waals surface area (Å²) in [7, 11) is 0. The zero-order chi connectivity index (χ0) is 12.4. The Morgan fingerprint density at radius 1 is 1.47 bits per heavy atom. The summed E-state index contributed by atoms with van der Waals surface area (Å²) in [6, 6.07) is 6.10. The molecule has 0 unspecified atom stereocenters. The fraction of sp³-hybridized carbons (Fsp3) is 0.571. The Morgan fingerprint density at radius 3 is 2.88 bits per heavy atom. The van der Waals surface area contributed by atoms with E-state index in [0.29, 0.717) is 0 Å². The van der Waals surface area contributed by atoms with E-state index in [1.54, 1.807) is 0 Å². The smallest absolute Gasteiger partial charge is 0.0415 e. The Hall–Kier alpha value is -0.730. The van der Waals surface area contributed by atoms with Crippen molar-refractivity contribution in [2.24, 2.45) is 11.7 Å². The number of hydrogen-bond donors (Lipinski definition) is 1. The van der Waals surface area contributed by atoms with E-state index in [2.05, 4.69) is 17.9 Å². The highest BCUT2D eigenvalue weighted by Gasteiger charge is 2.20. The molecule has 0 amide bonds. The van der Waals surface area contributed by atoms with Crippen LogP contribution in [0.4, 0.5) is 5.69 Å². The minimum absolute atomic E-state index is 0.0286. The molecule has 2 nitrogen and oxygen atoms in total. The van der Waals surface area contributed by atoms with Gasteiger partial charge in [0.25, 0.3) is 0 Å². The first-order valence-corrected chi connectivity index (χ1v) is 6.75.